The van der Waals surface area contributed by atoms with E-state index in [1.165, 1.54) is 13.8 Å². The average Bonchev–Trinajstić information content (AvgIpc) is 2.19. The third-order valence-electron chi connectivity index (χ3n) is 2.75. The Kier molecular flexibility index (Phi) is 4.73. The molecule has 16 heavy (non-hydrogen) atoms. The summed E-state index contributed by atoms with van der Waals surface area (Å²) in [7, 11) is 0. The maximum atomic E-state index is 11.0. The Morgan fingerprint density at radius 3 is 2.31 bits per heavy atom. The molecular weight excluding hydrogens is 212 g/mol. The Labute approximate surface area is 94.7 Å². The van der Waals surface area contributed by atoms with Crippen molar-refractivity contribution in [2.75, 3.05) is 6.61 Å². The number of esters is 2. The molecule has 0 unspecified atom stereocenters. The SMILES string of the molecule is CC(=O)O[C@@H]1[C@@H](CO)CCC[C@H]1OC(C)=O. The number of hydrogen-bond acceptors (Lipinski definition) is 5. The van der Waals surface area contributed by atoms with E-state index in [1.807, 2.05) is 0 Å². The molecule has 3 atom stereocenters. The van der Waals surface area contributed by atoms with Gasteiger partial charge in [0, 0.05) is 26.4 Å². The normalized spacial score (nSPS) is 29.6. The number of rotatable bonds is 3. The third-order valence-corrected chi connectivity index (χ3v) is 2.75. The molecule has 5 nitrogen and oxygen atoms in total. The lowest BCUT2D eigenvalue weighted by atomic mass is 9.84. The molecule has 0 aromatic carbocycles. The summed E-state index contributed by atoms with van der Waals surface area (Å²) in [5, 5.41) is 9.19. The van der Waals surface area contributed by atoms with Gasteiger partial charge in [0.15, 0.2) is 0 Å². The van der Waals surface area contributed by atoms with Gasteiger partial charge in [-0.1, -0.05) is 0 Å². The predicted octanol–water partition coefficient (Wildman–Crippen LogP) is 0.642. The van der Waals surface area contributed by atoms with Gasteiger partial charge < -0.3 is 14.6 Å². The highest BCUT2D eigenvalue weighted by atomic mass is 16.6. The highest BCUT2D eigenvalue weighted by Gasteiger charge is 2.37. The second-order valence-corrected chi connectivity index (χ2v) is 4.10. The van der Waals surface area contributed by atoms with E-state index in [0.717, 1.165) is 12.8 Å². The molecule has 0 heterocycles. The summed E-state index contributed by atoms with van der Waals surface area (Å²) in [5.74, 6) is -0.940. The van der Waals surface area contributed by atoms with Gasteiger partial charge in [-0.15, -0.1) is 0 Å². The molecule has 1 fully saturated rings. The van der Waals surface area contributed by atoms with Crippen molar-refractivity contribution in [3.63, 3.8) is 0 Å². The number of ether oxygens (including phenoxy) is 2. The zero-order valence-corrected chi connectivity index (χ0v) is 9.64. The first-order chi connectivity index (χ1) is 7.54. The highest BCUT2D eigenvalue weighted by Crippen LogP contribution is 2.29. The largest absolute Gasteiger partial charge is 0.459 e. The summed E-state index contributed by atoms with van der Waals surface area (Å²) in [5.41, 5.74) is 0. The summed E-state index contributed by atoms with van der Waals surface area (Å²) in [6.07, 6.45) is 1.38. The van der Waals surface area contributed by atoms with Crippen LogP contribution in [0.15, 0.2) is 0 Å². The second-order valence-electron chi connectivity index (χ2n) is 4.10. The van der Waals surface area contributed by atoms with Crippen molar-refractivity contribution in [3.8, 4) is 0 Å². The average molecular weight is 230 g/mol. The van der Waals surface area contributed by atoms with Gasteiger partial charge in [0.1, 0.15) is 12.2 Å². The van der Waals surface area contributed by atoms with Crippen LogP contribution >= 0.6 is 0 Å². The van der Waals surface area contributed by atoms with Crippen LogP contribution in [0.4, 0.5) is 0 Å². The van der Waals surface area contributed by atoms with E-state index >= 15 is 0 Å². The quantitative estimate of drug-likeness (QED) is 0.720. The van der Waals surface area contributed by atoms with Crippen molar-refractivity contribution >= 4 is 11.9 Å². The van der Waals surface area contributed by atoms with Gasteiger partial charge in [-0.2, -0.15) is 0 Å². The lowest BCUT2D eigenvalue weighted by Gasteiger charge is -2.35. The lowest BCUT2D eigenvalue weighted by Crippen LogP contribution is -2.44. The number of aliphatic hydroxyl groups is 1. The van der Waals surface area contributed by atoms with Gasteiger partial charge in [-0.25, -0.2) is 0 Å². The summed E-state index contributed by atoms with van der Waals surface area (Å²) < 4.78 is 10.2. The number of carbonyl (C=O) groups is 2. The van der Waals surface area contributed by atoms with E-state index in [2.05, 4.69) is 0 Å². The van der Waals surface area contributed by atoms with Crippen molar-refractivity contribution in [1.82, 2.24) is 0 Å². The topological polar surface area (TPSA) is 72.8 Å². The van der Waals surface area contributed by atoms with Gasteiger partial charge in [0.25, 0.3) is 0 Å². The molecule has 0 aromatic heterocycles. The molecule has 0 spiro atoms. The van der Waals surface area contributed by atoms with Crippen molar-refractivity contribution in [2.24, 2.45) is 5.92 Å². The van der Waals surface area contributed by atoms with Gasteiger partial charge in [0.05, 0.1) is 0 Å². The van der Waals surface area contributed by atoms with Crippen molar-refractivity contribution in [1.29, 1.82) is 0 Å². The number of hydrogen-bond donors (Lipinski definition) is 1. The van der Waals surface area contributed by atoms with Gasteiger partial charge in [-0.3, -0.25) is 9.59 Å². The van der Waals surface area contributed by atoms with Crippen molar-refractivity contribution < 1.29 is 24.2 Å². The van der Waals surface area contributed by atoms with Crippen LogP contribution in [-0.4, -0.2) is 35.9 Å². The van der Waals surface area contributed by atoms with Crippen molar-refractivity contribution in [3.05, 3.63) is 0 Å². The zero-order valence-electron chi connectivity index (χ0n) is 9.64. The third kappa shape index (κ3) is 3.48. The number of aliphatic hydroxyl groups excluding tert-OH is 1. The molecule has 1 rings (SSSR count). The Morgan fingerprint density at radius 2 is 1.81 bits per heavy atom. The van der Waals surface area contributed by atoms with Crippen molar-refractivity contribution in [2.45, 2.75) is 45.3 Å². The molecular formula is C11H18O5. The molecule has 1 aliphatic rings. The fourth-order valence-electron chi connectivity index (χ4n) is 2.11. The maximum Gasteiger partial charge on any atom is 0.303 e. The fraction of sp³-hybridized carbons (Fsp3) is 0.818. The summed E-state index contributed by atoms with van der Waals surface area (Å²) in [4.78, 5) is 21.9. The van der Waals surface area contributed by atoms with E-state index in [0.29, 0.717) is 6.42 Å². The number of carbonyl (C=O) groups excluding carboxylic acids is 2. The molecule has 0 radical (unpaired) electrons. The van der Waals surface area contributed by atoms with E-state index in [-0.39, 0.29) is 18.5 Å². The molecule has 1 saturated carbocycles. The van der Waals surface area contributed by atoms with Gasteiger partial charge in [0.2, 0.25) is 0 Å². The molecule has 0 amide bonds. The second kappa shape index (κ2) is 5.84. The minimum Gasteiger partial charge on any atom is -0.459 e. The standard InChI is InChI=1S/C11H18O5/c1-7(13)15-10-5-3-4-9(6-12)11(10)16-8(2)14/h9-12H,3-6H2,1-2H3/t9-,10-,11-/m1/s1. The Morgan fingerprint density at radius 1 is 1.19 bits per heavy atom. The van der Waals surface area contributed by atoms with E-state index in [9.17, 15) is 14.7 Å². The summed E-state index contributed by atoms with van der Waals surface area (Å²) in [6.45, 7) is 2.58. The first kappa shape index (κ1) is 13.0. The van der Waals surface area contributed by atoms with Crippen LogP contribution in [0.1, 0.15) is 33.1 Å². The predicted molar refractivity (Wildman–Crippen MR) is 55.5 cm³/mol. The van der Waals surface area contributed by atoms with Crippen LogP contribution in [0, 0.1) is 5.92 Å². The lowest BCUT2D eigenvalue weighted by molar-refractivity contribution is -0.176. The Bertz CT molecular complexity index is 263. The summed E-state index contributed by atoms with van der Waals surface area (Å²) >= 11 is 0. The molecule has 0 bridgehead atoms. The zero-order chi connectivity index (χ0) is 12.1. The minimum atomic E-state index is -0.514. The molecule has 92 valence electrons. The molecule has 0 saturated heterocycles. The van der Waals surface area contributed by atoms with E-state index < -0.39 is 18.2 Å². The Hall–Kier alpha value is -1.10. The molecule has 0 aliphatic heterocycles. The molecule has 5 heteroatoms. The first-order valence-electron chi connectivity index (χ1n) is 5.50. The van der Waals surface area contributed by atoms with Crippen LogP contribution in [0.25, 0.3) is 0 Å². The van der Waals surface area contributed by atoms with Crippen LogP contribution in [-0.2, 0) is 19.1 Å². The molecule has 1 N–H and O–H groups in total. The molecule has 1 aliphatic carbocycles. The monoisotopic (exact) mass is 230 g/mol. The smallest absolute Gasteiger partial charge is 0.303 e. The van der Waals surface area contributed by atoms with Gasteiger partial charge in [-0.05, 0) is 19.3 Å². The van der Waals surface area contributed by atoms with Crippen LogP contribution in [0.2, 0.25) is 0 Å². The minimum absolute atomic E-state index is 0.0598. The van der Waals surface area contributed by atoms with E-state index in [1.54, 1.807) is 0 Å². The highest BCUT2D eigenvalue weighted by molar-refractivity contribution is 5.67. The first-order valence-corrected chi connectivity index (χ1v) is 5.50. The fourth-order valence-corrected chi connectivity index (χ4v) is 2.11. The maximum absolute atomic E-state index is 11.0. The molecule has 0 aromatic rings. The Balaban J connectivity index is 2.69. The van der Waals surface area contributed by atoms with Crippen LogP contribution < -0.4 is 0 Å². The van der Waals surface area contributed by atoms with Gasteiger partial charge >= 0.3 is 11.9 Å². The van der Waals surface area contributed by atoms with E-state index in [4.69, 9.17) is 9.47 Å². The summed E-state index contributed by atoms with van der Waals surface area (Å²) in [6, 6.07) is 0. The van der Waals surface area contributed by atoms with Crippen LogP contribution in [0.5, 0.6) is 0 Å². The van der Waals surface area contributed by atoms with Crippen LogP contribution in [0.3, 0.4) is 0 Å².